The number of rotatable bonds is 7. The molecule has 1 aliphatic heterocycles. The molecule has 0 aromatic rings. The van der Waals surface area contributed by atoms with Gasteiger partial charge in [-0.2, -0.15) is 0 Å². The van der Waals surface area contributed by atoms with Gasteiger partial charge in [0.15, 0.2) is 0 Å². The first kappa shape index (κ1) is 16.4. The lowest BCUT2D eigenvalue weighted by Gasteiger charge is -2.36. The zero-order valence-corrected chi connectivity index (χ0v) is 12.7. The van der Waals surface area contributed by atoms with Gasteiger partial charge < -0.3 is 14.7 Å². The number of carbonyl (C=O) groups excluding carboxylic acids is 1. The smallest absolute Gasteiger partial charge is 0.225 e. The number of hydrogen-bond acceptors (Lipinski definition) is 3. The number of aliphatic hydroxyl groups is 1. The Bertz CT molecular complexity index is 275. The summed E-state index contributed by atoms with van der Waals surface area (Å²) >= 11 is 0. The van der Waals surface area contributed by atoms with E-state index in [1.807, 2.05) is 7.05 Å². The molecule has 0 radical (unpaired) electrons. The molecule has 1 unspecified atom stereocenters. The van der Waals surface area contributed by atoms with Crippen molar-refractivity contribution in [3.05, 3.63) is 0 Å². The molecule has 1 amide bonds. The van der Waals surface area contributed by atoms with Crippen molar-refractivity contribution >= 4 is 5.91 Å². The van der Waals surface area contributed by atoms with Crippen LogP contribution in [-0.4, -0.2) is 48.3 Å². The molecule has 1 N–H and O–H groups in total. The highest BCUT2D eigenvalue weighted by Crippen LogP contribution is 2.23. The summed E-state index contributed by atoms with van der Waals surface area (Å²) in [5.74, 6) is 0.282. The minimum absolute atomic E-state index is 0.105. The Labute approximate surface area is 117 Å². The summed E-state index contributed by atoms with van der Waals surface area (Å²) in [6.07, 6.45) is 5.29. The van der Waals surface area contributed by atoms with Crippen molar-refractivity contribution in [2.75, 3.05) is 26.8 Å². The standard InChI is InChI=1S/C15H29NO3/c1-4-6-7-13(5-2)14(17)16(3)12-15(18)8-10-19-11-9-15/h13,18H,4-12H2,1-3H3. The van der Waals surface area contributed by atoms with E-state index >= 15 is 0 Å². The summed E-state index contributed by atoms with van der Waals surface area (Å²) < 4.78 is 5.27. The number of likely N-dealkylation sites (N-methyl/N-ethyl adjacent to an activating group) is 1. The van der Waals surface area contributed by atoms with E-state index in [0.717, 1.165) is 25.7 Å². The average molecular weight is 271 g/mol. The first-order valence-electron chi connectivity index (χ1n) is 7.57. The monoisotopic (exact) mass is 271 g/mol. The Balaban J connectivity index is 2.50. The van der Waals surface area contributed by atoms with Gasteiger partial charge in [0.25, 0.3) is 0 Å². The highest BCUT2D eigenvalue weighted by atomic mass is 16.5. The van der Waals surface area contributed by atoms with Gasteiger partial charge in [-0.25, -0.2) is 0 Å². The highest BCUT2D eigenvalue weighted by Gasteiger charge is 2.33. The van der Waals surface area contributed by atoms with E-state index in [-0.39, 0.29) is 11.8 Å². The van der Waals surface area contributed by atoms with E-state index in [0.29, 0.717) is 32.6 Å². The molecule has 1 heterocycles. The summed E-state index contributed by atoms with van der Waals surface area (Å²) in [6, 6.07) is 0. The average Bonchev–Trinajstić information content (AvgIpc) is 2.39. The molecule has 4 nitrogen and oxygen atoms in total. The number of nitrogens with zero attached hydrogens (tertiary/aromatic N) is 1. The molecular formula is C15H29NO3. The topological polar surface area (TPSA) is 49.8 Å². The number of carbonyl (C=O) groups is 1. The Morgan fingerprint density at radius 1 is 1.37 bits per heavy atom. The Kier molecular flexibility index (Phi) is 6.80. The zero-order valence-electron chi connectivity index (χ0n) is 12.7. The Hall–Kier alpha value is -0.610. The molecule has 112 valence electrons. The van der Waals surface area contributed by atoms with Crippen molar-refractivity contribution in [2.24, 2.45) is 5.92 Å². The fourth-order valence-electron chi connectivity index (χ4n) is 2.69. The van der Waals surface area contributed by atoms with E-state index in [1.165, 1.54) is 0 Å². The van der Waals surface area contributed by atoms with E-state index in [2.05, 4.69) is 13.8 Å². The van der Waals surface area contributed by atoms with Crippen LogP contribution in [0.15, 0.2) is 0 Å². The van der Waals surface area contributed by atoms with Crippen LogP contribution in [0.25, 0.3) is 0 Å². The van der Waals surface area contributed by atoms with Crippen molar-refractivity contribution in [3.8, 4) is 0 Å². The van der Waals surface area contributed by atoms with Crippen LogP contribution in [0.5, 0.6) is 0 Å². The van der Waals surface area contributed by atoms with Crippen LogP contribution < -0.4 is 0 Å². The summed E-state index contributed by atoms with van der Waals surface area (Å²) in [7, 11) is 1.81. The normalized spacial score (nSPS) is 20.0. The molecule has 1 fully saturated rings. The van der Waals surface area contributed by atoms with Crippen molar-refractivity contribution in [1.82, 2.24) is 4.90 Å². The molecule has 19 heavy (non-hydrogen) atoms. The van der Waals surface area contributed by atoms with Gasteiger partial charge in [0.1, 0.15) is 0 Å². The van der Waals surface area contributed by atoms with E-state index in [9.17, 15) is 9.90 Å². The second-order valence-electron chi connectivity index (χ2n) is 5.78. The second-order valence-corrected chi connectivity index (χ2v) is 5.78. The molecule has 0 aliphatic carbocycles. The predicted molar refractivity (Wildman–Crippen MR) is 75.9 cm³/mol. The van der Waals surface area contributed by atoms with Gasteiger partial charge >= 0.3 is 0 Å². The van der Waals surface area contributed by atoms with Gasteiger partial charge in [-0.1, -0.05) is 26.7 Å². The van der Waals surface area contributed by atoms with Gasteiger partial charge in [0.2, 0.25) is 5.91 Å². The van der Waals surface area contributed by atoms with Crippen LogP contribution in [0.2, 0.25) is 0 Å². The number of ether oxygens (including phenoxy) is 1. The van der Waals surface area contributed by atoms with Gasteiger partial charge in [0.05, 0.1) is 5.60 Å². The Morgan fingerprint density at radius 2 is 2.00 bits per heavy atom. The molecule has 4 heteroatoms. The van der Waals surface area contributed by atoms with Gasteiger partial charge in [-0.15, -0.1) is 0 Å². The third-order valence-electron chi connectivity index (χ3n) is 4.08. The highest BCUT2D eigenvalue weighted by molar-refractivity contribution is 5.78. The van der Waals surface area contributed by atoms with Gasteiger partial charge in [0, 0.05) is 45.6 Å². The fraction of sp³-hybridized carbons (Fsp3) is 0.933. The zero-order chi connectivity index (χ0) is 14.3. The molecular weight excluding hydrogens is 242 g/mol. The van der Waals surface area contributed by atoms with E-state index in [1.54, 1.807) is 4.90 Å². The molecule has 0 saturated carbocycles. The van der Waals surface area contributed by atoms with Gasteiger partial charge in [-0.3, -0.25) is 4.79 Å². The maximum Gasteiger partial charge on any atom is 0.225 e. The maximum atomic E-state index is 12.4. The third kappa shape index (κ3) is 5.11. The fourth-order valence-corrected chi connectivity index (χ4v) is 2.69. The second kappa shape index (κ2) is 7.85. The molecule has 1 atom stereocenters. The molecule has 0 aromatic heterocycles. The van der Waals surface area contributed by atoms with Crippen LogP contribution >= 0.6 is 0 Å². The van der Waals surface area contributed by atoms with Crippen LogP contribution in [0.1, 0.15) is 52.4 Å². The summed E-state index contributed by atoms with van der Waals surface area (Å²) in [5.41, 5.74) is -0.758. The first-order chi connectivity index (χ1) is 9.02. The minimum Gasteiger partial charge on any atom is -0.388 e. The van der Waals surface area contributed by atoms with Crippen molar-refractivity contribution in [1.29, 1.82) is 0 Å². The summed E-state index contributed by atoms with van der Waals surface area (Å²) in [4.78, 5) is 14.1. The molecule has 0 spiro atoms. The van der Waals surface area contributed by atoms with Crippen LogP contribution in [0.4, 0.5) is 0 Å². The molecule has 0 bridgehead atoms. The van der Waals surface area contributed by atoms with Crippen molar-refractivity contribution < 1.29 is 14.6 Å². The van der Waals surface area contributed by atoms with Crippen LogP contribution in [0, 0.1) is 5.92 Å². The third-order valence-corrected chi connectivity index (χ3v) is 4.08. The SMILES string of the molecule is CCCCC(CC)C(=O)N(C)CC1(O)CCOCC1. The lowest BCUT2D eigenvalue weighted by molar-refractivity contribution is -0.141. The summed E-state index contributed by atoms with van der Waals surface area (Å²) in [5, 5.41) is 10.4. The van der Waals surface area contributed by atoms with Gasteiger partial charge in [-0.05, 0) is 12.8 Å². The molecule has 1 aliphatic rings. The Morgan fingerprint density at radius 3 is 2.53 bits per heavy atom. The lowest BCUT2D eigenvalue weighted by atomic mass is 9.92. The number of hydrogen-bond donors (Lipinski definition) is 1. The lowest BCUT2D eigenvalue weighted by Crippen LogP contribution is -2.48. The van der Waals surface area contributed by atoms with Crippen molar-refractivity contribution in [2.45, 2.75) is 58.0 Å². The quantitative estimate of drug-likeness (QED) is 0.772. The predicted octanol–water partition coefficient (Wildman–Crippen LogP) is 2.20. The van der Waals surface area contributed by atoms with Crippen LogP contribution in [0.3, 0.4) is 0 Å². The molecule has 1 rings (SSSR count). The van der Waals surface area contributed by atoms with E-state index < -0.39 is 5.60 Å². The molecule has 0 aromatic carbocycles. The van der Waals surface area contributed by atoms with E-state index in [4.69, 9.17) is 4.74 Å². The maximum absolute atomic E-state index is 12.4. The first-order valence-corrected chi connectivity index (χ1v) is 7.57. The number of amides is 1. The minimum atomic E-state index is -0.758. The largest absolute Gasteiger partial charge is 0.388 e. The van der Waals surface area contributed by atoms with Crippen LogP contribution in [-0.2, 0) is 9.53 Å². The molecule has 1 saturated heterocycles. The number of unbranched alkanes of at least 4 members (excludes halogenated alkanes) is 1. The summed E-state index contributed by atoms with van der Waals surface area (Å²) in [6.45, 7) is 5.82. The van der Waals surface area contributed by atoms with Crippen molar-refractivity contribution in [3.63, 3.8) is 0 Å².